The molecule has 2 aliphatic rings. The Morgan fingerprint density at radius 1 is 1.32 bits per heavy atom. The monoisotopic (exact) mass is 390 g/mol. The van der Waals surface area contributed by atoms with Crippen LogP contribution in [-0.4, -0.2) is 60.2 Å². The lowest BCUT2D eigenvalue weighted by atomic mass is 10.0. The van der Waals surface area contributed by atoms with E-state index in [9.17, 15) is 4.79 Å². The maximum Gasteiger partial charge on any atom is 0.410 e. The van der Waals surface area contributed by atoms with Crippen LogP contribution in [0.1, 0.15) is 52.2 Å². The van der Waals surface area contributed by atoms with Crippen LogP contribution in [-0.2, 0) is 11.3 Å². The zero-order valence-corrected chi connectivity index (χ0v) is 17.6. The van der Waals surface area contributed by atoms with Gasteiger partial charge in [0.1, 0.15) is 11.4 Å². The molecule has 7 heteroatoms. The number of amides is 1. The van der Waals surface area contributed by atoms with E-state index in [4.69, 9.17) is 9.15 Å². The Kier molecular flexibility index (Phi) is 6.52. The predicted octanol–water partition coefficient (Wildman–Crippen LogP) is 3.47. The molecule has 1 saturated heterocycles. The van der Waals surface area contributed by atoms with Crippen molar-refractivity contribution in [3.8, 4) is 0 Å². The number of furan rings is 1. The highest BCUT2D eigenvalue weighted by molar-refractivity contribution is 5.80. The number of hydrogen-bond acceptors (Lipinski definition) is 4. The minimum atomic E-state index is -0.461. The lowest BCUT2D eigenvalue weighted by Gasteiger charge is -2.40. The zero-order chi connectivity index (χ0) is 20.1. The largest absolute Gasteiger partial charge is 0.467 e. The maximum atomic E-state index is 12.8. The van der Waals surface area contributed by atoms with Crippen LogP contribution >= 0.6 is 0 Å². The summed E-state index contributed by atoms with van der Waals surface area (Å²) in [5.74, 6) is 2.41. The average Bonchev–Trinajstić information content (AvgIpc) is 3.32. The number of rotatable bonds is 5. The predicted molar refractivity (Wildman–Crippen MR) is 109 cm³/mol. The van der Waals surface area contributed by atoms with Crippen LogP contribution in [0.15, 0.2) is 27.8 Å². The summed E-state index contributed by atoms with van der Waals surface area (Å²) in [6, 6.07) is 4.06. The third kappa shape index (κ3) is 5.91. The quantitative estimate of drug-likeness (QED) is 0.616. The van der Waals surface area contributed by atoms with E-state index in [0.29, 0.717) is 12.5 Å². The van der Waals surface area contributed by atoms with Crippen molar-refractivity contribution in [1.82, 2.24) is 15.1 Å². The van der Waals surface area contributed by atoms with E-state index in [1.54, 1.807) is 13.3 Å². The van der Waals surface area contributed by atoms with Gasteiger partial charge in [-0.2, -0.15) is 0 Å². The molecule has 28 heavy (non-hydrogen) atoms. The molecule has 1 aromatic heterocycles. The number of likely N-dealkylation sites (tertiary alicyclic amines) is 1. The molecule has 0 radical (unpaired) electrons. The summed E-state index contributed by atoms with van der Waals surface area (Å²) in [5, 5.41) is 3.36. The molecular formula is C21H34N4O3. The number of nitrogens with one attached hydrogen (secondary N) is 1. The average molecular weight is 391 g/mol. The van der Waals surface area contributed by atoms with Crippen molar-refractivity contribution in [3.63, 3.8) is 0 Å². The third-order valence-corrected chi connectivity index (χ3v) is 5.20. The van der Waals surface area contributed by atoms with Gasteiger partial charge in [0.25, 0.3) is 0 Å². The topological polar surface area (TPSA) is 70.3 Å². The SMILES string of the molecule is CN=C(NCc1ccco1)N1CCC(N(CC2CC2)C(=O)OC(C)(C)C)CC1. The van der Waals surface area contributed by atoms with E-state index in [1.165, 1.54) is 12.8 Å². The molecule has 0 aromatic carbocycles. The van der Waals surface area contributed by atoms with Gasteiger partial charge in [-0.25, -0.2) is 4.79 Å². The molecule has 1 amide bonds. The van der Waals surface area contributed by atoms with Gasteiger partial charge < -0.3 is 24.3 Å². The van der Waals surface area contributed by atoms with Gasteiger partial charge in [0.15, 0.2) is 5.96 Å². The Balaban J connectivity index is 1.54. The minimum absolute atomic E-state index is 0.168. The Morgan fingerprint density at radius 2 is 2.04 bits per heavy atom. The molecule has 2 heterocycles. The molecule has 2 fully saturated rings. The summed E-state index contributed by atoms with van der Waals surface area (Å²) < 4.78 is 11.1. The fraction of sp³-hybridized carbons (Fsp3) is 0.714. The first-order valence-corrected chi connectivity index (χ1v) is 10.3. The smallest absolute Gasteiger partial charge is 0.410 e. The Hall–Kier alpha value is -2.18. The van der Waals surface area contributed by atoms with Crippen LogP contribution in [0, 0.1) is 5.92 Å². The molecule has 156 valence electrons. The van der Waals surface area contributed by atoms with Gasteiger partial charge in [-0.3, -0.25) is 4.99 Å². The molecule has 1 aliphatic carbocycles. The molecule has 7 nitrogen and oxygen atoms in total. The standard InChI is InChI=1S/C21H34N4O3/c1-21(2,3)28-20(26)25(15-16-7-8-16)17-9-11-24(12-10-17)19(22-4)23-14-18-6-5-13-27-18/h5-6,13,16-17H,7-12,14-15H2,1-4H3,(H,22,23). The molecule has 3 rings (SSSR count). The Morgan fingerprint density at radius 3 is 2.57 bits per heavy atom. The van der Waals surface area contributed by atoms with Gasteiger partial charge in [0.2, 0.25) is 0 Å². The number of hydrogen-bond donors (Lipinski definition) is 1. The van der Waals surface area contributed by atoms with Crippen molar-refractivity contribution < 1.29 is 13.9 Å². The number of guanidine groups is 1. The number of carbonyl (C=O) groups is 1. The number of aliphatic imine (C=N–C) groups is 1. The molecule has 1 N–H and O–H groups in total. The second-order valence-corrected chi connectivity index (χ2v) is 8.77. The lowest BCUT2D eigenvalue weighted by molar-refractivity contribution is 0.00927. The van der Waals surface area contributed by atoms with Crippen molar-refractivity contribution in [1.29, 1.82) is 0 Å². The number of carbonyl (C=O) groups excluding carboxylic acids is 1. The number of ether oxygens (including phenoxy) is 1. The molecule has 0 unspecified atom stereocenters. The van der Waals surface area contributed by atoms with Crippen LogP contribution in [0.4, 0.5) is 4.79 Å². The van der Waals surface area contributed by atoms with E-state index < -0.39 is 5.60 Å². The van der Waals surface area contributed by atoms with Crippen molar-refractivity contribution in [2.75, 3.05) is 26.7 Å². The second kappa shape index (κ2) is 8.88. The van der Waals surface area contributed by atoms with E-state index in [0.717, 1.165) is 44.2 Å². The molecule has 1 aliphatic heterocycles. The molecule has 1 aromatic rings. The van der Waals surface area contributed by atoms with Crippen LogP contribution in [0.5, 0.6) is 0 Å². The van der Waals surface area contributed by atoms with Gasteiger partial charge >= 0.3 is 6.09 Å². The van der Waals surface area contributed by atoms with Crippen molar-refractivity contribution in [3.05, 3.63) is 24.2 Å². The molecule has 0 spiro atoms. The highest BCUT2D eigenvalue weighted by atomic mass is 16.6. The normalized spacial score (nSPS) is 18.9. The van der Waals surface area contributed by atoms with E-state index >= 15 is 0 Å². The van der Waals surface area contributed by atoms with Gasteiger partial charge in [0.05, 0.1) is 12.8 Å². The fourth-order valence-electron chi connectivity index (χ4n) is 3.57. The first-order valence-electron chi connectivity index (χ1n) is 10.3. The number of piperidine rings is 1. The molecule has 0 bridgehead atoms. The van der Waals surface area contributed by atoms with Crippen molar-refractivity contribution in [2.24, 2.45) is 10.9 Å². The van der Waals surface area contributed by atoms with Crippen LogP contribution in [0.2, 0.25) is 0 Å². The van der Waals surface area contributed by atoms with Crippen LogP contribution < -0.4 is 5.32 Å². The lowest BCUT2D eigenvalue weighted by Crippen LogP contribution is -2.52. The summed E-state index contributed by atoms with van der Waals surface area (Å²) in [7, 11) is 1.80. The van der Waals surface area contributed by atoms with E-state index in [2.05, 4.69) is 15.2 Å². The Bertz CT molecular complexity index is 654. The summed E-state index contributed by atoms with van der Waals surface area (Å²) in [5.41, 5.74) is -0.461. The fourth-order valence-corrected chi connectivity index (χ4v) is 3.57. The van der Waals surface area contributed by atoms with Gasteiger partial charge in [0, 0.05) is 32.7 Å². The van der Waals surface area contributed by atoms with Crippen molar-refractivity contribution in [2.45, 2.75) is 64.6 Å². The number of nitrogens with zero attached hydrogens (tertiary/aromatic N) is 3. The van der Waals surface area contributed by atoms with E-state index in [-0.39, 0.29) is 12.1 Å². The second-order valence-electron chi connectivity index (χ2n) is 8.77. The summed E-state index contributed by atoms with van der Waals surface area (Å²) in [6.45, 7) is 8.96. The summed E-state index contributed by atoms with van der Waals surface area (Å²) >= 11 is 0. The van der Waals surface area contributed by atoms with Crippen LogP contribution in [0.25, 0.3) is 0 Å². The summed E-state index contributed by atoms with van der Waals surface area (Å²) in [4.78, 5) is 21.4. The van der Waals surface area contributed by atoms with E-state index in [1.807, 2.05) is 37.8 Å². The zero-order valence-electron chi connectivity index (χ0n) is 17.6. The highest BCUT2D eigenvalue weighted by Gasteiger charge is 2.35. The maximum absolute atomic E-state index is 12.8. The highest BCUT2D eigenvalue weighted by Crippen LogP contribution is 2.32. The molecule has 0 atom stereocenters. The first kappa shape index (κ1) is 20.6. The van der Waals surface area contributed by atoms with Gasteiger partial charge in [-0.15, -0.1) is 0 Å². The Labute approximate surface area is 168 Å². The summed E-state index contributed by atoms with van der Waals surface area (Å²) in [6.07, 6.45) is 5.80. The first-order chi connectivity index (χ1) is 13.4. The van der Waals surface area contributed by atoms with Crippen molar-refractivity contribution >= 4 is 12.1 Å². The van der Waals surface area contributed by atoms with Gasteiger partial charge in [-0.05, 0) is 64.5 Å². The third-order valence-electron chi connectivity index (χ3n) is 5.20. The minimum Gasteiger partial charge on any atom is -0.467 e. The molecular weight excluding hydrogens is 356 g/mol. The van der Waals surface area contributed by atoms with Crippen LogP contribution in [0.3, 0.4) is 0 Å². The molecule has 1 saturated carbocycles. The van der Waals surface area contributed by atoms with Gasteiger partial charge in [-0.1, -0.05) is 0 Å².